The number of benzene rings is 1. The molecule has 0 bridgehead atoms. The molecule has 0 radical (unpaired) electrons. The fourth-order valence-electron chi connectivity index (χ4n) is 3.40. The van der Waals surface area contributed by atoms with Gasteiger partial charge in [-0.3, -0.25) is 14.5 Å². The van der Waals surface area contributed by atoms with Crippen molar-refractivity contribution in [1.82, 2.24) is 9.80 Å². The summed E-state index contributed by atoms with van der Waals surface area (Å²) >= 11 is 0. The summed E-state index contributed by atoms with van der Waals surface area (Å²) in [6.45, 7) is 4.38. The van der Waals surface area contributed by atoms with E-state index in [9.17, 15) is 9.59 Å². The van der Waals surface area contributed by atoms with Gasteiger partial charge in [-0.2, -0.15) is 0 Å². The molecule has 1 aromatic carbocycles. The molecule has 6 heteroatoms. The van der Waals surface area contributed by atoms with E-state index < -0.39 is 5.41 Å². The topological polar surface area (TPSA) is 75.9 Å². The molecule has 2 aliphatic rings. The van der Waals surface area contributed by atoms with Crippen molar-refractivity contribution in [2.75, 3.05) is 26.7 Å². The molecule has 2 saturated heterocycles. The summed E-state index contributed by atoms with van der Waals surface area (Å²) in [5.74, 6) is 0.673. The first-order chi connectivity index (χ1) is 10.9. The maximum atomic E-state index is 12.6. The van der Waals surface area contributed by atoms with Crippen molar-refractivity contribution in [2.24, 2.45) is 11.1 Å². The Morgan fingerprint density at radius 2 is 2.00 bits per heavy atom. The first-order valence-corrected chi connectivity index (χ1v) is 7.88. The Bertz CT molecular complexity index is 608. The molecule has 2 heterocycles. The number of methoxy groups -OCH3 is 1. The number of carbonyl (C=O) groups is 2. The summed E-state index contributed by atoms with van der Waals surface area (Å²) in [5.41, 5.74) is 6.02. The number of hydrogen-bond donors (Lipinski definition) is 1. The van der Waals surface area contributed by atoms with Crippen LogP contribution in [0.4, 0.5) is 0 Å². The molecule has 2 aliphatic heterocycles. The number of amides is 2. The van der Waals surface area contributed by atoms with Crippen molar-refractivity contribution in [1.29, 1.82) is 0 Å². The summed E-state index contributed by atoms with van der Waals surface area (Å²) < 4.78 is 5.14. The maximum Gasteiger partial charge on any atom is 0.240 e. The lowest BCUT2D eigenvalue weighted by Crippen LogP contribution is -2.64. The first-order valence-electron chi connectivity index (χ1n) is 7.88. The van der Waals surface area contributed by atoms with Crippen LogP contribution in [0.5, 0.6) is 5.75 Å². The van der Waals surface area contributed by atoms with Gasteiger partial charge < -0.3 is 15.4 Å². The van der Waals surface area contributed by atoms with Crippen molar-refractivity contribution in [2.45, 2.75) is 25.9 Å². The fourth-order valence-corrected chi connectivity index (χ4v) is 3.40. The van der Waals surface area contributed by atoms with E-state index in [1.54, 1.807) is 7.11 Å². The van der Waals surface area contributed by atoms with Gasteiger partial charge in [-0.15, -0.1) is 0 Å². The van der Waals surface area contributed by atoms with Gasteiger partial charge in [0.1, 0.15) is 5.75 Å². The van der Waals surface area contributed by atoms with E-state index in [0.717, 1.165) is 24.3 Å². The van der Waals surface area contributed by atoms with Crippen LogP contribution in [0.2, 0.25) is 0 Å². The predicted molar refractivity (Wildman–Crippen MR) is 85.7 cm³/mol. The third-order valence-electron chi connectivity index (χ3n) is 4.94. The van der Waals surface area contributed by atoms with Crippen LogP contribution in [0.3, 0.4) is 0 Å². The van der Waals surface area contributed by atoms with E-state index in [2.05, 4.69) is 4.90 Å². The van der Waals surface area contributed by atoms with Crippen LogP contribution in [0.25, 0.3) is 0 Å². The molecule has 6 nitrogen and oxygen atoms in total. The minimum Gasteiger partial charge on any atom is -0.497 e. The zero-order valence-corrected chi connectivity index (χ0v) is 13.6. The molecular weight excluding hydrogens is 294 g/mol. The summed E-state index contributed by atoms with van der Waals surface area (Å²) in [4.78, 5) is 27.9. The second-order valence-corrected chi connectivity index (χ2v) is 6.74. The van der Waals surface area contributed by atoms with Gasteiger partial charge in [-0.1, -0.05) is 12.1 Å². The summed E-state index contributed by atoms with van der Waals surface area (Å²) in [7, 11) is 1.64. The minimum absolute atomic E-state index is 0.110. The normalized spacial score (nSPS) is 23.7. The third kappa shape index (κ3) is 2.91. The quantitative estimate of drug-likeness (QED) is 0.863. The van der Waals surface area contributed by atoms with Crippen molar-refractivity contribution >= 4 is 11.8 Å². The summed E-state index contributed by atoms with van der Waals surface area (Å²) in [6, 6.07) is 7.66. The molecule has 2 amide bonds. The Balaban J connectivity index is 1.58. The molecule has 0 aliphatic carbocycles. The van der Waals surface area contributed by atoms with Gasteiger partial charge in [0.2, 0.25) is 11.8 Å². The average molecular weight is 317 g/mol. The number of primary amides is 1. The van der Waals surface area contributed by atoms with Gasteiger partial charge in [-0.05, 0) is 31.0 Å². The van der Waals surface area contributed by atoms with Gasteiger partial charge in [0.25, 0.3) is 0 Å². The molecule has 0 aromatic heterocycles. The van der Waals surface area contributed by atoms with Crippen molar-refractivity contribution in [3.63, 3.8) is 0 Å². The number of nitrogens with zero attached hydrogens (tertiary/aromatic N) is 2. The Labute approximate surface area is 136 Å². The monoisotopic (exact) mass is 317 g/mol. The molecule has 124 valence electrons. The van der Waals surface area contributed by atoms with Gasteiger partial charge in [0, 0.05) is 26.2 Å². The third-order valence-corrected chi connectivity index (χ3v) is 4.94. The zero-order chi connectivity index (χ0) is 16.6. The van der Waals surface area contributed by atoms with Crippen LogP contribution in [-0.2, 0) is 16.1 Å². The molecule has 0 spiro atoms. The van der Waals surface area contributed by atoms with Crippen LogP contribution >= 0.6 is 0 Å². The largest absolute Gasteiger partial charge is 0.497 e. The van der Waals surface area contributed by atoms with Gasteiger partial charge in [0.05, 0.1) is 18.6 Å². The number of nitrogens with two attached hydrogens (primary N) is 1. The fraction of sp³-hybridized carbons (Fsp3) is 0.529. The molecule has 23 heavy (non-hydrogen) atoms. The van der Waals surface area contributed by atoms with E-state index in [1.165, 1.54) is 0 Å². The molecule has 1 aromatic rings. The standard InChI is InChI=1S/C17H23N3O3/c1-17(16(18)22)10-20(11-17)14-7-8-19(15(14)21)9-12-3-5-13(23-2)6-4-12/h3-6,14H,7-11H2,1-2H3,(H2,18,22). The Morgan fingerprint density at radius 1 is 1.35 bits per heavy atom. The van der Waals surface area contributed by atoms with Crippen molar-refractivity contribution in [3.05, 3.63) is 29.8 Å². The lowest BCUT2D eigenvalue weighted by Gasteiger charge is -2.48. The van der Waals surface area contributed by atoms with Crippen molar-refractivity contribution < 1.29 is 14.3 Å². The highest BCUT2D eigenvalue weighted by Gasteiger charge is 2.49. The van der Waals surface area contributed by atoms with E-state index in [4.69, 9.17) is 10.5 Å². The van der Waals surface area contributed by atoms with Crippen LogP contribution in [-0.4, -0.2) is 54.4 Å². The van der Waals surface area contributed by atoms with Crippen LogP contribution < -0.4 is 10.5 Å². The highest BCUT2D eigenvalue weighted by Crippen LogP contribution is 2.34. The Hall–Kier alpha value is -2.08. The molecular formula is C17H23N3O3. The predicted octanol–water partition coefficient (Wildman–Crippen LogP) is 0.603. The highest BCUT2D eigenvalue weighted by atomic mass is 16.5. The smallest absolute Gasteiger partial charge is 0.240 e. The lowest BCUT2D eigenvalue weighted by molar-refractivity contribution is -0.146. The highest BCUT2D eigenvalue weighted by molar-refractivity contribution is 5.86. The maximum absolute atomic E-state index is 12.6. The van der Waals surface area contributed by atoms with Crippen LogP contribution in [0.15, 0.2) is 24.3 Å². The molecule has 3 rings (SSSR count). The number of hydrogen-bond acceptors (Lipinski definition) is 4. The molecule has 1 atom stereocenters. The van der Waals surface area contributed by atoms with Crippen molar-refractivity contribution in [3.8, 4) is 5.75 Å². The molecule has 1 unspecified atom stereocenters. The molecule has 2 N–H and O–H groups in total. The van der Waals surface area contributed by atoms with Gasteiger partial charge in [0.15, 0.2) is 0 Å². The SMILES string of the molecule is COc1ccc(CN2CCC(N3CC(C)(C(N)=O)C3)C2=O)cc1. The number of rotatable bonds is 5. The first kappa shape index (κ1) is 15.8. The van der Waals surface area contributed by atoms with Gasteiger partial charge in [-0.25, -0.2) is 0 Å². The van der Waals surface area contributed by atoms with E-state index in [-0.39, 0.29) is 17.9 Å². The number of ether oxygens (including phenoxy) is 1. The van der Waals surface area contributed by atoms with E-state index in [1.807, 2.05) is 36.1 Å². The second-order valence-electron chi connectivity index (χ2n) is 6.74. The van der Waals surface area contributed by atoms with Gasteiger partial charge >= 0.3 is 0 Å². The second kappa shape index (κ2) is 5.85. The Kier molecular flexibility index (Phi) is 4.02. The minimum atomic E-state index is -0.482. The Morgan fingerprint density at radius 3 is 2.57 bits per heavy atom. The number of carbonyl (C=O) groups excluding carboxylic acids is 2. The molecule has 2 fully saturated rings. The van der Waals surface area contributed by atoms with E-state index >= 15 is 0 Å². The molecule has 0 saturated carbocycles. The lowest BCUT2D eigenvalue weighted by atomic mass is 9.80. The zero-order valence-electron chi connectivity index (χ0n) is 13.6. The van der Waals surface area contributed by atoms with Crippen LogP contribution in [0, 0.1) is 5.41 Å². The summed E-state index contributed by atoms with van der Waals surface area (Å²) in [5, 5.41) is 0. The average Bonchev–Trinajstić information content (AvgIpc) is 2.85. The number of likely N-dealkylation sites (tertiary alicyclic amines) is 2. The van der Waals surface area contributed by atoms with E-state index in [0.29, 0.717) is 19.6 Å². The summed E-state index contributed by atoms with van der Waals surface area (Å²) in [6.07, 6.45) is 0.809. The van der Waals surface area contributed by atoms with Crippen LogP contribution in [0.1, 0.15) is 18.9 Å².